The number of aryl methyl sites for hydroxylation is 2. The number of nitrogens with one attached hydrogen (secondary N) is 1. The summed E-state index contributed by atoms with van der Waals surface area (Å²) < 4.78 is 5.17. The summed E-state index contributed by atoms with van der Waals surface area (Å²) in [7, 11) is 0. The van der Waals surface area contributed by atoms with Gasteiger partial charge in [0, 0.05) is 5.56 Å². The number of thiocarbonyl (C=S) groups is 1. The number of nitrogens with two attached hydrogens (primary N) is 1. The fourth-order valence-corrected chi connectivity index (χ4v) is 1.89. The highest BCUT2D eigenvalue weighted by Gasteiger charge is 2.11. The largest absolute Gasteiger partial charge is 0.375 e. The van der Waals surface area contributed by atoms with Crippen LogP contribution in [0.1, 0.15) is 17.0 Å². The summed E-state index contributed by atoms with van der Waals surface area (Å²) in [6, 6.07) is 7.89. The van der Waals surface area contributed by atoms with E-state index in [1.807, 2.05) is 38.1 Å². The molecule has 0 unspecified atom stereocenters. The van der Waals surface area contributed by atoms with Crippen molar-refractivity contribution in [2.24, 2.45) is 10.8 Å². The molecular weight excluding hydrogens is 260 g/mol. The minimum atomic E-state index is 0.137. The van der Waals surface area contributed by atoms with Gasteiger partial charge in [0.1, 0.15) is 5.76 Å². The predicted molar refractivity (Wildman–Crippen MR) is 78.9 cm³/mol. The molecule has 0 atom stereocenters. The lowest BCUT2D eigenvalue weighted by atomic mass is 10.0. The van der Waals surface area contributed by atoms with Gasteiger partial charge in [0.05, 0.1) is 11.9 Å². The van der Waals surface area contributed by atoms with Crippen LogP contribution in [-0.2, 0) is 0 Å². The van der Waals surface area contributed by atoms with E-state index in [4.69, 9.17) is 10.3 Å². The lowest BCUT2D eigenvalue weighted by Gasteiger charge is -2.02. The summed E-state index contributed by atoms with van der Waals surface area (Å²) in [6.45, 7) is 3.81. The first-order valence-corrected chi connectivity index (χ1v) is 6.10. The first-order valence-electron chi connectivity index (χ1n) is 5.69. The Hall–Kier alpha value is -2.21. The fourth-order valence-electron chi connectivity index (χ4n) is 1.84. The maximum absolute atomic E-state index is 5.29. The zero-order valence-corrected chi connectivity index (χ0v) is 11.5. The van der Waals surface area contributed by atoms with Crippen LogP contribution < -0.4 is 11.2 Å². The van der Waals surface area contributed by atoms with Gasteiger partial charge in [0.2, 0.25) is 0 Å². The smallest absolute Gasteiger partial charge is 0.184 e. The van der Waals surface area contributed by atoms with Crippen molar-refractivity contribution in [1.29, 1.82) is 0 Å². The average molecular weight is 274 g/mol. The molecule has 98 valence electrons. The zero-order chi connectivity index (χ0) is 13.8. The molecule has 19 heavy (non-hydrogen) atoms. The monoisotopic (exact) mass is 274 g/mol. The summed E-state index contributed by atoms with van der Waals surface area (Å²) in [4.78, 5) is 0. The molecule has 1 aromatic carbocycles. The fraction of sp³-hybridized carbons (Fsp3) is 0.154. The standard InChI is InChI=1S/C13H14N4OS/c1-8-12(9(2)18-17-8)11-5-3-4-10(6-11)7-15-16-13(14)19/h3-7H,1-2H3,(H3,14,16,19). The first kappa shape index (κ1) is 13.2. The Morgan fingerprint density at radius 1 is 1.47 bits per heavy atom. The van der Waals surface area contributed by atoms with Crippen LogP contribution in [0.2, 0.25) is 0 Å². The Morgan fingerprint density at radius 3 is 2.89 bits per heavy atom. The molecule has 2 rings (SSSR count). The number of hydrogen-bond donors (Lipinski definition) is 2. The Balaban J connectivity index is 2.30. The molecule has 0 aliphatic carbocycles. The van der Waals surface area contributed by atoms with Crippen LogP contribution in [0.15, 0.2) is 33.9 Å². The number of nitrogens with zero attached hydrogens (tertiary/aromatic N) is 2. The maximum Gasteiger partial charge on any atom is 0.184 e. The molecule has 1 aromatic heterocycles. The molecular formula is C13H14N4OS. The molecule has 0 saturated carbocycles. The Labute approximate surface area is 116 Å². The van der Waals surface area contributed by atoms with Gasteiger partial charge < -0.3 is 10.3 Å². The van der Waals surface area contributed by atoms with Crippen LogP contribution in [0.5, 0.6) is 0 Å². The molecule has 0 radical (unpaired) electrons. The molecule has 5 nitrogen and oxygen atoms in total. The predicted octanol–water partition coefficient (Wildman–Crippen LogP) is 2.13. The van der Waals surface area contributed by atoms with Crippen molar-refractivity contribution in [2.45, 2.75) is 13.8 Å². The van der Waals surface area contributed by atoms with E-state index in [1.165, 1.54) is 0 Å². The summed E-state index contributed by atoms with van der Waals surface area (Å²) in [5, 5.41) is 8.02. The normalized spacial score (nSPS) is 10.8. The molecule has 0 spiro atoms. The SMILES string of the molecule is Cc1noc(C)c1-c1cccc(C=NNC(N)=S)c1. The van der Waals surface area contributed by atoms with Gasteiger partial charge in [0.15, 0.2) is 5.11 Å². The number of hydrogen-bond acceptors (Lipinski definition) is 4. The highest BCUT2D eigenvalue weighted by Crippen LogP contribution is 2.26. The van der Waals surface area contributed by atoms with E-state index in [-0.39, 0.29) is 5.11 Å². The first-order chi connectivity index (χ1) is 9.08. The summed E-state index contributed by atoms with van der Waals surface area (Å²) in [6.07, 6.45) is 1.65. The van der Waals surface area contributed by atoms with E-state index >= 15 is 0 Å². The number of aromatic nitrogens is 1. The number of benzene rings is 1. The van der Waals surface area contributed by atoms with Crippen molar-refractivity contribution in [2.75, 3.05) is 0 Å². The van der Waals surface area contributed by atoms with E-state index in [2.05, 4.69) is 27.9 Å². The van der Waals surface area contributed by atoms with Gasteiger partial charge in [-0.1, -0.05) is 23.4 Å². The maximum atomic E-state index is 5.29. The highest BCUT2D eigenvalue weighted by atomic mass is 32.1. The third-order valence-electron chi connectivity index (χ3n) is 2.60. The molecule has 0 fully saturated rings. The number of rotatable bonds is 3. The van der Waals surface area contributed by atoms with Crippen LogP contribution in [-0.4, -0.2) is 16.5 Å². The van der Waals surface area contributed by atoms with Gasteiger partial charge in [-0.25, -0.2) is 0 Å². The quantitative estimate of drug-likeness (QED) is 0.509. The van der Waals surface area contributed by atoms with Crippen LogP contribution in [0.25, 0.3) is 11.1 Å². The molecule has 0 bridgehead atoms. The highest BCUT2D eigenvalue weighted by molar-refractivity contribution is 7.80. The second-order valence-electron chi connectivity index (χ2n) is 4.06. The summed E-state index contributed by atoms with van der Waals surface area (Å²) in [5.74, 6) is 0.799. The Morgan fingerprint density at radius 2 is 2.26 bits per heavy atom. The minimum Gasteiger partial charge on any atom is -0.375 e. The second-order valence-corrected chi connectivity index (χ2v) is 4.50. The minimum absolute atomic E-state index is 0.137. The van der Waals surface area contributed by atoms with Crippen molar-refractivity contribution >= 4 is 23.5 Å². The van der Waals surface area contributed by atoms with Crippen molar-refractivity contribution in [3.05, 3.63) is 41.3 Å². The van der Waals surface area contributed by atoms with E-state index in [0.29, 0.717) is 0 Å². The molecule has 2 aromatic rings. The third-order valence-corrected chi connectivity index (χ3v) is 2.69. The van der Waals surface area contributed by atoms with Crippen molar-refractivity contribution < 1.29 is 4.52 Å². The van der Waals surface area contributed by atoms with Crippen molar-refractivity contribution in [1.82, 2.24) is 10.6 Å². The van der Waals surface area contributed by atoms with Gasteiger partial charge in [-0.3, -0.25) is 5.43 Å². The molecule has 0 aliphatic rings. The molecule has 0 saturated heterocycles. The molecule has 1 heterocycles. The van der Waals surface area contributed by atoms with Crippen molar-refractivity contribution in [3.63, 3.8) is 0 Å². The van der Waals surface area contributed by atoms with E-state index in [9.17, 15) is 0 Å². The van der Waals surface area contributed by atoms with Gasteiger partial charge in [-0.15, -0.1) is 0 Å². The zero-order valence-electron chi connectivity index (χ0n) is 10.7. The topological polar surface area (TPSA) is 76.4 Å². The van der Waals surface area contributed by atoms with E-state index in [1.54, 1.807) is 6.21 Å². The van der Waals surface area contributed by atoms with E-state index in [0.717, 1.165) is 28.1 Å². The molecule has 6 heteroatoms. The van der Waals surface area contributed by atoms with Crippen LogP contribution >= 0.6 is 12.2 Å². The molecule has 0 amide bonds. The van der Waals surface area contributed by atoms with Crippen molar-refractivity contribution in [3.8, 4) is 11.1 Å². The summed E-state index contributed by atoms with van der Waals surface area (Å²) >= 11 is 4.67. The molecule has 3 N–H and O–H groups in total. The lowest BCUT2D eigenvalue weighted by Crippen LogP contribution is -2.23. The average Bonchev–Trinajstić information content (AvgIpc) is 2.69. The lowest BCUT2D eigenvalue weighted by molar-refractivity contribution is 0.393. The van der Waals surface area contributed by atoms with E-state index < -0.39 is 0 Å². The third kappa shape index (κ3) is 3.17. The summed E-state index contributed by atoms with van der Waals surface area (Å²) in [5.41, 5.74) is 11.7. The van der Waals surface area contributed by atoms with Crippen LogP contribution in [0, 0.1) is 13.8 Å². The van der Waals surface area contributed by atoms with Crippen LogP contribution in [0.4, 0.5) is 0 Å². The van der Waals surface area contributed by atoms with Gasteiger partial charge in [-0.2, -0.15) is 5.10 Å². The van der Waals surface area contributed by atoms with Gasteiger partial charge >= 0.3 is 0 Å². The Bertz CT molecular complexity index is 614. The van der Waals surface area contributed by atoms with Gasteiger partial charge in [0.25, 0.3) is 0 Å². The molecule has 0 aliphatic heterocycles. The van der Waals surface area contributed by atoms with Gasteiger partial charge in [-0.05, 0) is 43.3 Å². The number of hydrazone groups is 1. The second kappa shape index (κ2) is 5.62. The Kier molecular flexibility index (Phi) is 3.91. The van der Waals surface area contributed by atoms with Crippen LogP contribution in [0.3, 0.4) is 0 Å².